The summed E-state index contributed by atoms with van der Waals surface area (Å²) in [4.78, 5) is 11.7. The van der Waals surface area contributed by atoms with Crippen molar-refractivity contribution in [2.75, 3.05) is 19.0 Å². The summed E-state index contributed by atoms with van der Waals surface area (Å²) in [5, 5.41) is 6.96. The first-order valence-corrected chi connectivity index (χ1v) is 7.50. The second kappa shape index (κ2) is 9.25. The standard InChI is InChI=1S/C18H21N3O2/c1-23-17-11-9-16(10-12-17)19-14-18(22)21-20-13-5-8-15-6-3-2-4-7-15/h2-4,6-7,9-13,19H,5,8,14H2,1H3,(H,21,22). The number of nitrogens with one attached hydrogen (secondary N) is 2. The smallest absolute Gasteiger partial charge is 0.259 e. The first-order chi connectivity index (χ1) is 11.3. The molecule has 0 aliphatic rings. The number of methoxy groups -OCH3 is 1. The van der Waals surface area contributed by atoms with Crippen LogP contribution >= 0.6 is 0 Å². The van der Waals surface area contributed by atoms with E-state index in [1.54, 1.807) is 13.3 Å². The van der Waals surface area contributed by atoms with E-state index in [1.165, 1.54) is 5.56 Å². The first kappa shape index (κ1) is 16.5. The lowest BCUT2D eigenvalue weighted by atomic mass is 10.1. The summed E-state index contributed by atoms with van der Waals surface area (Å²) in [6.45, 7) is 0.169. The third-order valence-electron chi connectivity index (χ3n) is 3.23. The molecule has 2 aromatic rings. The molecule has 2 rings (SSSR count). The Balaban J connectivity index is 1.63. The maximum absolute atomic E-state index is 11.7. The highest BCUT2D eigenvalue weighted by Gasteiger charge is 1.99. The minimum atomic E-state index is -0.184. The van der Waals surface area contributed by atoms with E-state index < -0.39 is 0 Å². The van der Waals surface area contributed by atoms with Crippen LogP contribution < -0.4 is 15.5 Å². The summed E-state index contributed by atoms with van der Waals surface area (Å²) in [5.41, 5.74) is 4.62. The Labute approximate surface area is 136 Å². The van der Waals surface area contributed by atoms with Crippen LogP contribution in [0.25, 0.3) is 0 Å². The molecule has 0 fully saturated rings. The number of nitrogens with zero attached hydrogens (tertiary/aromatic N) is 1. The molecule has 0 aliphatic heterocycles. The highest BCUT2D eigenvalue weighted by molar-refractivity contribution is 5.81. The predicted molar refractivity (Wildman–Crippen MR) is 92.9 cm³/mol. The van der Waals surface area contributed by atoms with Crippen LogP contribution in [0.1, 0.15) is 12.0 Å². The first-order valence-electron chi connectivity index (χ1n) is 7.50. The van der Waals surface area contributed by atoms with E-state index in [9.17, 15) is 4.79 Å². The second-order valence-corrected chi connectivity index (χ2v) is 4.95. The van der Waals surface area contributed by atoms with Gasteiger partial charge in [0.25, 0.3) is 5.91 Å². The zero-order valence-corrected chi connectivity index (χ0v) is 13.2. The summed E-state index contributed by atoms with van der Waals surface area (Å²) in [6, 6.07) is 17.6. The quantitative estimate of drug-likeness (QED) is 0.582. The van der Waals surface area contributed by atoms with Gasteiger partial charge in [-0.3, -0.25) is 4.79 Å². The van der Waals surface area contributed by atoms with Crippen molar-refractivity contribution in [3.8, 4) is 5.75 Å². The predicted octanol–water partition coefficient (Wildman–Crippen LogP) is 2.84. The largest absolute Gasteiger partial charge is 0.497 e. The van der Waals surface area contributed by atoms with Crippen molar-refractivity contribution in [3.05, 3.63) is 60.2 Å². The lowest BCUT2D eigenvalue weighted by Gasteiger charge is -2.06. The maximum atomic E-state index is 11.7. The van der Waals surface area contributed by atoms with Gasteiger partial charge in [-0.05, 0) is 42.7 Å². The number of anilines is 1. The third kappa shape index (κ3) is 6.22. The number of amides is 1. The molecule has 0 saturated heterocycles. The Hall–Kier alpha value is -2.82. The molecule has 2 aromatic carbocycles. The highest BCUT2D eigenvalue weighted by Crippen LogP contribution is 2.14. The zero-order valence-electron chi connectivity index (χ0n) is 13.2. The molecule has 0 spiro atoms. The summed E-state index contributed by atoms with van der Waals surface area (Å²) in [6.07, 6.45) is 3.42. The van der Waals surface area contributed by atoms with E-state index in [2.05, 4.69) is 28.0 Å². The fraction of sp³-hybridized carbons (Fsp3) is 0.222. The molecular formula is C18H21N3O2. The molecule has 0 aromatic heterocycles. The Morgan fingerprint density at radius 2 is 1.87 bits per heavy atom. The van der Waals surface area contributed by atoms with Crippen molar-refractivity contribution in [3.63, 3.8) is 0 Å². The SMILES string of the molecule is COc1ccc(NCC(=O)NN=CCCc2ccccc2)cc1. The second-order valence-electron chi connectivity index (χ2n) is 4.95. The van der Waals surface area contributed by atoms with E-state index in [0.29, 0.717) is 0 Å². The van der Waals surface area contributed by atoms with E-state index in [4.69, 9.17) is 4.74 Å². The fourth-order valence-electron chi connectivity index (χ4n) is 1.99. The summed E-state index contributed by atoms with van der Waals surface area (Å²) in [7, 11) is 1.62. The lowest BCUT2D eigenvalue weighted by Crippen LogP contribution is -2.25. The van der Waals surface area contributed by atoms with E-state index >= 15 is 0 Å². The molecular weight excluding hydrogens is 290 g/mol. The molecule has 0 atom stereocenters. The molecule has 0 aliphatic carbocycles. The Kier molecular flexibility index (Phi) is 6.65. The molecule has 5 nitrogen and oxygen atoms in total. The van der Waals surface area contributed by atoms with Gasteiger partial charge in [0.15, 0.2) is 0 Å². The van der Waals surface area contributed by atoms with Gasteiger partial charge in [0.2, 0.25) is 0 Å². The van der Waals surface area contributed by atoms with Crippen LogP contribution in [0, 0.1) is 0 Å². The van der Waals surface area contributed by atoms with Crippen LogP contribution in [0.5, 0.6) is 5.75 Å². The molecule has 2 N–H and O–H groups in total. The normalized spacial score (nSPS) is 10.5. The van der Waals surface area contributed by atoms with Gasteiger partial charge in [0, 0.05) is 11.9 Å². The van der Waals surface area contributed by atoms with E-state index in [-0.39, 0.29) is 12.5 Å². The number of carbonyl (C=O) groups excluding carboxylic acids is 1. The van der Waals surface area contributed by atoms with Crippen molar-refractivity contribution in [2.45, 2.75) is 12.8 Å². The Morgan fingerprint density at radius 1 is 1.13 bits per heavy atom. The van der Waals surface area contributed by atoms with Crippen molar-refractivity contribution in [1.82, 2.24) is 5.43 Å². The van der Waals surface area contributed by atoms with Gasteiger partial charge in [-0.1, -0.05) is 30.3 Å². The number of hydrogen-bond acceptors (Lipinski definition) is 4. The molecule has 120 valence electrons. The van der Waals surface area contributed by atoms with Gasteiger partial charge >= 0.3 is 0 Å². The number of benzene rings is 2. The van der Waals surface area contributed by atoms with Gasteiger partial charge in [-0.25, -0.2) is 5.43 Å². The molecule has 5 heteroatoms. The monoisotopic (exact) mass is 311 g/mol. The van der Waals surface area contributed by atoms with Gasteiger partial charge in [0.05, 0.1) is 13.7 Å². The van der Waals surface area contributed by atoms with Crippen molar-refractivity contribution < 1.29 is 9.53 Å². The Morgan fingerprint density at radius 3 is 2.57 bits per heavy atom. The van der Waals surface area contributed by atoms with Crippen LogP contribution in [0.15, 0.2) is 59.7 Å². The molecule has 0 saturated carbocycles. The average molecular weight is 311 g/mol. The minimum Gasteiger partial charge on any atom is -0.497 e. The third-order valence-corrected chi connectivity index (χ3v) is 3.23. The summed E-state index contributed by atoms with van der Waals surface area (Å²) >= 11 is 0. The number of hydrogen-bond donors (Lipinski definition) is 2. The van der Waals surface area contributed by atoms with Crippen LogP contribution in [-0.2, 0) is 11.2 Å². The van der Waals surface area contributed by atoms with E-state index in [1.807, 2.05) is 42.5 Å². The Bertz CT molecular complexity index is 624. The van der Waals surface area contributed by atoms with E-state index in [0.717, 1.165) is 24.3 Å². The van der Waals surface area contributed by atoms with Gasteiger partial charge < -0.3 is 10.1 Å². The van der Waals surface area contributed by atoms with Crippen LogP contribution in [0.3, 0.4) is 0 Å². The molecule has 23 heavy (non-hydrogen) atoms. The number of aryl methyl sites for hydroxylation is 1. The maximum Gasteiger partial charge on any atom is 0.259 e. The number of ether oxygens (including phenoxy) is 1. The minimum absolute atomic E-state index is 0.169. The zero-order chi connectivity index (χ0) is 16.3. The van der Waals surface area contributed by atoms with Crippen LogP contribution in [-0.4, -0.2) is 25.8 Å². The number of rotatable bonds is 8. The fourth-order valence-corrected chi connectivity index (χ4v) is 1.99. The lowest BCUT2D eigenvalue weighted by molar-refractivity contribution is -0.119. The average Bonchev–Trinajstić information content (AvgIpc) is 2.61. The van der Waals surface area contributed by atoms with Crippen LogP contribution in [0.2, 0.25) is 0 Å². The summed E-state index contributed by atoms with van der Waals surface area (Å²) < 4.78 is 5.08. The van der Waals surface area contributed by atoms with Crippen molar-refractivity contribution in [2.24, 2.45) is 5.10 Å². The topological polar surface area (TPSA) is 62.7 Å². The highest BCUT2D eigenvalue weighted by atomic mass is 16.5. The molecule has 0 heterocycles. The van der Waals surface area contributed by atoms with Gasteiger partial charge in [0.1, 0.15) is 5.75 Å². The number of carbonyl (C=O) groups is 1. The molecule has 1 amide bonds. The van der Waals surface area contributed by atoms with Crippen molar-refractivity contribution >= 4 is 17.8 Å². The van der Waals surface area contributed by atoms with Gasteiger partial charge in [-0.15, -0.1) is 0 Å². The number of hydrazone groups is 1. The molecule has 0 radical (unpaired) electrons. The molecule has 0 bridgehead atoms. The van der Waals surface area contributed by atoms with Crippen molar-refractivity contribution in [1.29, 1.82) is 0 Å². The molecule has 0 unspecified atom stereocenters. The van der Waals surface area contributed by atoms with Gasteiger partial charge in [-0.2, -0.15) is 5.10 Å². The summed E-state index contributed by atoms with van der Waals surface area (Å²) in [5.74, 6) is 0.597. The van der Waals surface area contributed by atoms with Crippen LogP contribution in [0.4, 0.5) is 5.69 Å².